The molecule has 0 radical (unpaired) electrons. The molecule has 162 valence electrons. The minimum absolute atomic E-state index is 0.0350. The van der Waals surface area contributed by atoms with Gasteiger partial charge in [-0.15, -0.1) is 5.10 Å². The average Bonchev–Trinajstić information content (AvgIpc) is 3.29. The fourth-order valence-electron chi connectivity index (χ4n) is 3.37. The van der Waals surface area contributed by atoms with Crippen molar-refractivity contribution in [3.8, 4) is 11.4 Å². The van der Waals surface area contributed by atoms with Gasteiger partial charge in [0.25, 0.3) is 11.4 Å². The number of nitrogens with zero attached hydrogens (tertiary/aromatic N) is 6. The SMILES string of the molecule is O=[N+]([O-])c1ccc(CSc2nc3ccccc3c3nc(-c4cccc([N+](=O)[O-])c4)nn23)cc1. The Balaban J connectivity index is 1.57. The van der Waals surface area contributed by atoms with Crippen LogP contribution in [0.25, 0.3) is 27.9 Å². The lowest BCUT2D eigenvalue weighted by molar-refractivity contribution is -0.385. The Morgan fingerprint density at radius 2 is 1.61 bits per heavy atom. The van der Waals surface area contributed by atoms with Gasteiger partial charge in [0.2, 0.25) is 0 Å². The number of aromatic nitrogens is 4. The summed E-state index contributed by atoms with van der Waals surface area (Å²) in [5, 5.41) is 28.0. The van der Waals surface area contributed by atoms with Crippen LogP contribution >= 0.6 is 11.8 Å². The summed E-state index contributed by atoms with van der Waals surface area (Å²) in [4.78, 5) is 30.5. The molecule has 2 heterocycles. The first-order valence-corrected chi connectivity index (χ1v) is 10.7. The molecule has 3 aromatic carbocycles. The summed E-state index contributed by atoms with van der Waals surface area (Å²) < 4.78 is 1.63. The number of benzene rings is 3. The molecule has 0 N–H and O–H groups in total. The number of fused-ring (bicyclic) bond motifs is 3. The highest BCUT2D eigenvalue weighted by Gasteiger charge is 2.17. The molecular weight excluding hydrogens is 444 g/mol. The Morgan fingerprint density at radius 3 is 2.36 bits per heavy atom. The molecule has 0 saturated carbocycles. The zero-order chi connectivity index (χ0) is 22.9. The van der Waals surface area contributed by atoms with Crippen LogP contribution in [0.3, 0.4) is 0 Å². The molecule has 0 amide bonds. The maximum absolute atomic E-state index is 11.2. The predicted molar refractivity (Wildman–Crippen MR) is 123 cm³/mol. The third-order valence-corrected chi connectivity index (χ3v) is 5.98. The molecular formula is C22H14N6O4S. The number of non-ortho nitro benzene ring substituents is 2. The lowest BCUT2D eigenvalue weighted by atomic mass is 10.2. The molecule has 0 unspecified atom stereocenters. The van der Waals surface area contributed by atoms with Crippen molar-refractivity contribution in [3.05, 3.63) is 98.6 Å². The molecule has 11 heteroatoms. The maximum atomic E-state index is 11.2. The molecule has 10 nitrogen and oxygen atoms in total. The van der Waals surface area contributed by atoms with Crippen LogP contribution < -0.4 is 0 Å². The second kappa shape index (κ2) is 8.28. The smallest absolute Gasteiger partial charge is 0.258 e. The van der Waals surface area contributed by atoms with Gasteiger partial charge in [-0.3, -0.25) is 20.2 Å². The van der Waals surface area contributed by atoms with Crippen molar-refractivity contribution in [2.75, 3.05) is 0 Å². The van der Waals surface area contributed by atoms with Crippen LogP contribution in [0.15, 0.2) is 78.0 Å². The van der Waals surface area contributed by atoms with Gasteiger partial charge in [0.1, 0.15) is 0 Å². The first kappa shape index (κ1) is 20.5. The summed E-state index contributed by atoms with van der Waals surface area (Å²) in [7, 11) is 0. The van der Waals surface area contributed by atoms with Crippen LogP contribution in [0.5, 0.6) is 0 Å². The molecule has 33 heavy (non-hydrogen) atoms. The van der Waals surface area contributed by atoms with Crippen LogP contribution in [0.2, 0.25) is 0 Å². The zero-order valence-corrected chi connectivity index (χ0v) is 17.7. The van der Waals surface area contributed by atoms with E-state index >= 15 is 0 Å². The normalized spacial score (nSPS) is 11.2. The van der Waals surface area contributed by atoms with Gasteiger partial charge in [-0.25, -0.2) is 9.97 Å². The van der Waals surface area contributed by atoms with E-state index in [1.807, 2.05) is 24.3 Å². The molecule has 5 aromatic rings. The van der Waals surface area contributed by atoms with Crippen molar-refractivity contribution >= 4 is 39.7 Å². The monoisotopic (exact) mass is 458 g/mol. The number of hydrogen-bond acceptors (Lipinski definition) is 8. The molecule has 0 aliphatic heterocycles. The predicted octanol–water partition coefficient (Wildman–Crippen LogP) is 5.05. The Hall–Kier alpha value is -4.38. The molecule has 0 atom stereocenters. The van der Waals surface area contributed by atoms with E-state index in [1.54, 1.807) is 28.8 Å². The van der Waals surface area contributed by atoms with Crippen LogP contribution in [0.1, 0.15) is 5.56 Å². The summed E-state index contributed by atoms with van der Waals surface area (Å²) >= 11 is 1.42. The fourth-order valence-corrected chi connectivity index (χ4v) is 4.27. The minimum atomic E-state index is -0.457. The van der Waals surface area contributed by atoms with Gasteiger partial charge in [0, 0.05) is 41.0 Å². The zero-order valence-electron chi connectivity index (χ0n) is 16.9. The second-order valence-corrected chi connectivity index (χ2v) is 8.04. The van der Waals surface area contributed by atoms with Crippen molar-refractivity contribution in [1.82, 2.24) is 19.6 Å². The maximum Gasteiger partial charge on any atom is 0.270 e. The standard InChI is InChI=1S/C22H14N6O4S/c29-27(30)16-10-8-14(9-11-16)13-33-22-23-19-7-2-1-6-18(19)21-24-20(25-26(21)22)15-4-3-5-17(12-15)28(31)32/h1-12H,13H2. The highest BCUT2D eigenvalue weighted by Crippen LogP contribution is 2.29. The van der Waals surface area contributed by atoms with E-state index in [-0.39, 0.29) is 11.4 Å². The van der Waals surface area contributed by atoms with Crippen molar-refractivity contribution in [1.29, 1.82) is 0 Å². The number of nitro groups is 2. The van der Waals surface area contributed by atoms with Crippen molar-refractivity contribution in [2.24, 2.45) is 0 Å². The van der Waals surface area contributed by atoms with Crippen molar-refractivity contribution < 1.29 is 9.85 Å². The van der Waals surface area contributed by atoms with Gasteiger partial charge in [-0.05, 0) is 17.7 Å². The van der Waals surface area contributed by atoms with Gasteiger partial charge in [0.15, 0.2) is 16.6 Å². The van der Waals surface area contributed by atoms with E-state index in [2.05, 4.69) is 10.1 Å². The molecule has 0 aliphatic rings. The molecule has 0 aliphatic carbocycles. The highest BCUT2D eigenvalue weighted by atomic mass is 32.2. The van der Waals surface area contributed by atoms with Crippen LogP contribution in [0.4, 0.5) is 11.4 Å². The Morgan fingerprint density at radius 1 is 0.848 bits per heavy atom. The number of thioether (sulfide) groups is 1. The van der Waals surface area contributed by atoms with Gasteiger partial charge < -0.3 is 0 Å². The minimum Gasteiger partial charge on any atom is -0.258 e. The Bertz CT molecular complexity index is 1530. The van der Waals surface area contributed by atoms with E-state index in [0.717, 1.165) is 16.5 Å². The lowest BCUT2D eigenvalue weighted by Gasteiger charge is -2.06. The highest BCUT2D eigenvalue weighted by molar-refractivity contribution is 7.98. The fraction of sp³-hybridized carbons (Fsp3) is 0.0455. The first-order valence-electron chi connectivity index (χ1n) is 9.76. The van der Waals surface area contributed by atoms with Crippen LogP contribution in [-0.2, 0) is 5.75 Å². The number of nitro benzene ring substituents is 2. The third-order valence-electron chi connectivity index (χ3n) is 4.98. The summed E-state index contributed by atoms with van der Waals surface area (Å²) in [6.07, 6.45) is 0. The number of para-hydroxylation sites is 1. The van der Waals surface area contributed by atoms with Gasteiger partial charge in [-0.2, -0.15) is 4.52 Å². The number of hydrogen-bond donors (Lipinski definition) is 0. The van der Waals surface area contributed by atoms with Gasteiger partial charge >= 0.3 is 0 Å². The third kappa shape index (κ3) is 3.96. The van der Waals surface area contributed by atoms with Gasteiger partial charge in [0.05, 0.1) is 15.4 Å². The quantitative estimate of drug-likeness (QED) is 0.149. The second-order valence-electron chi connectivity index (χ2n) is 7.10. The molecule has 0 fully saturated rings. The number of rotatable bonds is 6. The Kier molecular flexibility index (Phi) is 5.15. The molecule has 0 bridgehead atoms. The first-order chi connectivity index (χ1) is 16.0. The summed E-state index contributed by atoms with van der Waals surface area (Å²) in [6, 6.07) is 20.1. The topological polar surface area (TPSA) is 129 Å². The van der Waals surface area contributed by atoms with E-state index in [9.17, 15) is 20.2 Å². The summed E-state index contributed by atoms with van der Waals surface area (Å²) in [5.74, 6) is 0.874. The summed E-state index contributed by atoms with van der Waals surface area (Å²) in [5.41, 5.74) is 2.76. The summed E-state index contributed by atoms with van der Waals surface area (Å²) in [6.45, 7) is 0. The van der Waals surface area contributed by atoms with E-state index < -0.39 is 9.85 Å². The van der Waals surface area contributed by atoms with Crippen LogP contribution in [-0.4, -0.2) is 29.4 Å². The Labute approximate surface area is 190 Å². The molecule has 0 spiro atoms. The molecule has 0 saturated heterocycles. The van der Waals surface area contributed by atoms with Crippen LogP contribution in [0, 0.1) is 20.2 Å². The van der Waals surface area contributed by atoms with E-state index in [0.29, 0.717) is 27.9 Å². The molecule has 2 aromatic heterocycles. The van der Waals surface area contributed by atoms with E-state index in [4.69, 9.17) is 4.98 Å². The van der Waals surface area contributed by atoms with Crippen molar-refractivity contribution in [2.45, 2.75) is 10.9 Å². The van der Waals surface area contributed by atoms with Gasteiger partial charge in [-0.1, -0.05) is 48.2 Å². The largest absolute Gasteiger partial charge is 0.270 e. The molecule has 5 rings (SSSR count). The van der Waals surface area contributed by atoms with Crippen molar-refractivity contribution in [3.63, 3.8) is 0 Å². The lowest BCUT2D eigenvalue weighted by Crippen LogP contribution is -1.98. The average molecular weight is 458 g/mol. The van der Waals surface area contributed by atoms with E-state index in [1.165, 1.54) is 36.0 Å².